The van der Waals surface area contributed by atoms with E-state index in [-0.39, 0.29) is 19.2 Å². The third kappa shape index (κ3) is 5.38. The minimum Gasteiger partial charge on any atom is -0.445 e. The zero-order chi connectivity index (χ0) is 21.5. The molecule has 1 heterocycles. The Morgan fingerprint density at radius 2 is 1.45 bits per heavy atom. The first-order chi connectivity index (χ1) is 15.2. The molecule has 5 nitrogen and oxygen atoms in total. The topological polar surface area (TPSA) is 62.1 Å². The van der Waals surface area contributed by atoms with Crippen molar-refractivity contribution >= 4 is 11.8 Å². The number of piperidine rings is 1. The van der Waals surface area contributed by atoms with E-state index >= 15 is 0 Å². The summed E-state index contributed by atoms with van der Waals surface area (Å²) >= 11 is 0. The van der Waals surface area contributed by atoms with Gasteiger partial charge in [-0.1, -0.05) is 91.0 Å². The van der Waals surface area contributed by atoms with Gasteiger partial charge in [0.1, 0.15) is 6.61 Å². The number of β-amino-alcohol motifs (C(OH)–C–C–N with tert-alkyl or cyclic N) is 1. The molecule has 0 radical (unpaired) electrons. The van der Waals surface area contributed by atoms with Gasteiger partial charge in [-0.2, -0.15) is 0 Å². The van der Waals surface area contributed by atoms with Crippen molar-refractivity contribution in [2.75, 3.05) is 13.1 Å². The number of carbonyl (C=O) groups is 1. The lowest BCUT2D eigenvalue weighted by atomic mass is 9.99. The van der Waals surface area contributed by atoms with Gasteiger partial charge in [0.15, 0.2) is 0 Å². The van der Waals surface area contributed by atoms with Crippen LogP contribution in [0.2, 0.25) is 0 Å². The number of likely N-dealkylation sites (tertiary alicyclic amines) is 1. The Bertz CT molecular complexity index is 965. The van der Waals surface area contributed by atoms with Crippen molar-refractivity contribution < 1.29 is 14.6 Å². The van der Waals surface area contributed by atoms with Gasteiger partial charge in [0, 0.05) is 17.7 Å². The van der Waals surface area contributed by atoms with Crippen LogP contribution in [0.4, 0.5) is 4.79 Å². The van der Waals surface area contributed by atoms with Crippen molar-refractivity contribution in [1.82, 2.24) is 4.90 Å². The van der Waals surface area contributed by atoms with Crippen LogP contribution in [-0.2, 0) is 11.3 Å². The number of hydrogen-bond donors (Lipinski definition) is 1. The largest absolute Gasteiger partial charge is 0.445 e. The van der Waals surface area contributed by atoms with Crippen LogP contribution in [0.15, 0.2) is 96.0 Å². The van der Waals surface area contributed by atoms with Crippen molar-refractivity contribution in [3.63, 3.8) is 0 Å². The van der Waals surface area contributed by atoms with Crippen LogP contribution in [0.5, 0.6) is 0 Å². The van der Waals surface area contributed by atoms with Crippen molar-refractivity contribution in [2.24, 2.45) is 4.99 Å². The maximum Gasteiger partial charge on any atom is 0.410 e. The number of nitrogens with zero attached hydrogens (tertiary/aromatic N) is 2. The average Bonchev–Trinajstić information content (AvgIpc) is 2.83. The van der Waals surface area contributed by atoms with Gasteiger partial charge >= 0.3 is 6.09 Å². The minimum atomic E-state index is -0.750. The first-order valence-electron chi connectivity index (χ1n) is 10.5. The van der Waals surface area contributed by atoms with Crippen LogP contribution >= 0.6 is 0 Å². The molecule has 0 aliphatic carbocycles. The number of aliphatic imine (C=N–C) groups is 1. The van der Waals surface area contributed by atoms with Crippen molar-refractivity contribution in [3.05, 3.63) is 108 Å². The maximum atomic E-state index is 12.4. The second-order valence-corrected chi connectivity index (χ2v) is 7.62. The predicted molar refractivity (Wildman–Crippen MR) is 121 cm³/mol. The van der Waals surface area contributed by atoms with E-state index in [9.17, 15) is 9.90 Å². The highest BCUT2D eigenvalue weighted by molar-refractivity contribution is 6.13. The number of benzene rings is 3. The van der Waals surface area contributed by atoms with Gasteiger partial charge < -0.3 is 14.7 Å². The van der Waals surface area contributed by atoms with E-state index in [0.717, 1.165) is 22.4 Å². The molecule has 0 aromatic heterocycles. The van der Waals surface area contributed by atoms with Crippen molar-refractivity contribution in [1.29, 1.82) is 0 Å². The summed E-state index contributed by atoms with van der Waals surface area (Å²) in [6.45, 7) is 0.925. The summed E-state index contributed by atoms with van der Waals surface area (Å²) < 4.78 is 5.41. The first-order valence-corrected chi connectivity index (χ1v) is 10.5. The SMILES string of the molecule is O=C(OCc1ccccc1)N1CC[C@@H](N=C(c2ccccc2)c2ccccc2)[C@H](O)C1. The Morgan fingerprint density at radius 1 is 0.903 bits per heavy atom. The molecule has 0 bridgehead atoms. The van der Waals surface area contributed by atoms with E-state index in [0.29, 0.717) is 13.0 Å². The van der Waals surface area contributed by atoms with Crippen LogP contribution < -0.4 is 0 Å². The summed E-state index contributed by atoms with van der Waals surface area (Å²) in [6, 6.07) is 29.2. The molecular weight excluding hydrogens is 388 g/mol. The summed E-state index contributed by atoms with van der Waals surface area (Å²) in [5.41, 5.74) is 3.80. The molecule has 5 heteroatoms. The molecule has 4 rings (SSSR count). The molecular formula is C26H26N2O3. The number of amides is 1. The molecule has 1 saturated heterocycles. The van der Waals surface area contributed by atoms with Gasteiger partial charge in [-0.3, -0.25) is 4.99 Å². The lowest BCUT2D eigenvalue weighted by Gasteiger charge is -2.33. The molecule has 1 fully saturated rings. The van der Waals surface area contributed by atoms with E-state index in [1.54, 1.807) is 4.90 Å². The Kier molecular flexibility index (Phi) is 6.75. The molecule has 0 spiro atoms. The van der Waals surface area contributed by atoms with Crippen LogP contribution in [-0.4, -0.2) is 47.0 Å². The Balaban J connectivity index is 1.44. The van der Waals surface area contributed by atoms with E-state index in [2.05, 4.69) is 0 Å². The van der Waals surface area contributed by atoms with Gasteiger partial charge in [0.25, 0.3) is 0 Å². The summed E-state index contributed by atoms with van der Waals surface area (Å²) in [4.78, 5) is 18.9. The zero-order valence-corrected chi connectivity index (χ0v) is 17.3. The minimum absolute atomic E-state index is 0.207. The van der Waals surface area contributed by atoms with Crippen LogP contribution in [0.25, 0.3) is 0 Å². The third-order valence-corrected chi connectivity index (χ3v) is 5.40. The fraction of sp³-hybridized carbons (Fsp3) is 0.231. The first kappa shape index (κ1) is 20.8. The molecule has 0 saturated carbocycles. The lowest BCUT2D eigenvalue weighted by Crippen LogP contribution is -2.48. The van der Waals surface area contributed by atoms with E-state index < -0.39 is 12.2 Å². The molecule has 2 atom stereocenters. The van der Waals surface area contributed by atoms with Gasteiger partial charge in [0.2, 0.25) is 0 Å². The average molecular weight is 415 g/mol. The molecule has 3 aromatic rings. The molecule has 1 aliphatic rings. The number of hydrogen-bond acceptors (Lipinski definition) is 4. The van der Waals surface area contributed by atoms with E-state index in [4.69, 9.17) is 9.73 Å². The highest BCUT2D eigenvalue weighted by Crippen LogP contribution is 2.20. The third-order valence-electron chi connectivity index (χ3n) is 5.40. The quantitative estimate of drug-likeness (QED) is 0.634. The summed E-state index contributed by atoms with van der Waals surface area (Å²) in [5, 5.41) is 10.8. The summed E-state index contributed by atoms with van der Waals surface area (Å²) in [7, 11) is 0. The Hall–Kier alpha value is -3.44. The summed E-state index contributed by atoms with van der Waals surface area (Å²) in [5.74, 6) is 0. The zero-order valence-electron chi connectivity index (χ0n) is 17.3. The highest BCUT2D eigenvalue weighted by atomic mass is 16.6. The van der Waals surface area contributed by atoms with Crippen LogP contribution in [0.1, 0.15) is 23.1 Å². The molecule has 3 aromatic carbocycles. The van der Waals surface area contributed by atoms with Crippen molar-refractivity contribution in [2.45, 2.75) is 25.2 Å². The fourth-order valence-electron chi connectivity index (χ4n) is 3.72. The number of carbonyl (C=O) groups excluding carboxylic acids is 1. The van der Waals surface area contributed by atoms with Gasteiger partial charge in [0.05, 0.1) is 24.4 Å². The van der Waals surface area contributed by atoms with E-state index in [1.165, 1.54) is 0 Å². The fourth-order valence-corrected chi connectivity index (χ4v) is 3.72. The van der Waals surface area contributed by atoms with Crippen LogP contribution in [0, 0.1) is 0 Å². The molecule has 1 aliphatic heterocycles. The second kappa shape index (κ2) is 10.0. The number of rotatable bonds is 5. The molecule has 1 N–H and O–H groups in total. The Labute approximate surface area is 182 Å². The van der Waals surface area contributed by atoms with Gasteiger partial charge in [-0.15, -0.1) is 0 Å². The number of aliphatic hydroxyl groups is 1. The number of aliphatic hydroxyl groups excluding tert-OH is 1. The standard InChI is InChI=1S/C26H26N2O3/c29-24-18-28(26(30)31-19-20-10-4-1-5-11-20)17-16-23(24)27-25(21-12-6-2-7-13-21)22-14-8-3-9-15-22/h1-15,23-24,29H,16-19H2/t23-,24-/m1/s1. The monoisotopic (exact) mass is 414 g/mol. The van der Waals surface area contributed by atoms with E-state index in [1.807, 2.05) is 91.0 Å². The smallest absolute Gasteiger partial charge is 0.410 e. The predicted octanol–water partition coefficient (Wildman–Crippen LogP) is 4.30. The number of ether oxygens (including phenoxy) is 1. The van der Waals surface area contributed by atoms with Crippen molar-refractivity contribution in [3.8, 4) is 0 Å². The molecule has 158 valence electrons. The molecule has 1 amide bonds. The molecule has 31 heavy (non-hydrogen) atoms. The lowest BCUT2D eigenvalue weighted by molar-refractivity contribution is 0.0365. The molecule has 0 unspecified atom stereocenters. The van der Waals surface area contributed by atoms with Crippen LogP contribution in [0.3, 0.4) is 0 Å². The Morgan fingerprint density at radius 3 is 2.00 bits per heavy atom. The normalized spacial score (nSPS) is 18.3. The summed E-state index contributed by atoms with van der Waals surface area (Å²) in [6.07, 6.45) is -0.581. The second-order valence-electron chi connectivity index (χ2n) is 7.62. The van der Waals surface area contributed by atoms with Gasteiger partial charge in [-0.05, 0) is 12.0 Å². The van der Waals surface area contributed by atoms with Gasteiger partial charge in [-0.25, -0.2) is 4.79 Å². The highest BCUT2D eigenvalue weighted by Gasteiger charge is 2.31. The maximum absolute atomic E-state index is 12.4.